The fourth-order valence-electron chi connectivity index (χ4n) is 2.96. The largest absolute Gasteiger partial charge is 0.487 e. The number of benzene rings is 2. The quantitative estimate of drug-likeness (QED) is 0.562. The van der Waals surface area contributed by atoms with Crippen LogP contribution in [0.25, 0.3) is 0 Å². The Morgan fingerprint density at radius 1 is 0.967 bits per heavy atom. The highest BCUT2D eigenvalue weighted by Crippen LogP contribution is 2.28. The molecule has 2 N–H and O–H groups in total. The van der Waals surface area contributed by atoms with Crippen molar-refractivity contribution >= 4 is 20.0 Å². The molecule has 0 bridgehead atoms. The van der Waals surface area contributed by atoms with Gasteiger partial charge in [-0.3, -0.25) is 0 Å². The molecule has 0 radical (unpaired) electrons. The lowest BCUT2D eigenvalue weighted by Gasteiger charge is -2.37. The smallest absolute Gasteiger partial charge is 0.243 e. The van der Waals surface area contributed by atoms with E-state index >= 15 is 0 Å². The van der Waals surface area contributed by atoms with Crippen LogP contribution in [0.15, 0.2) is 70.6 Å². The number of hydrogen-bond acceptors (Lipinski definition) is 7. The minimum absolute atomic E-state index is 0.00360. The van der Waals surface area contributed by atoms with E-state index in [9.17, 15) is 16.8 Å². The number of aromatic nitrogens is 3. The Kier molecular flexibility index (Phi) is 5.32. The molecule has 0 unspecified atom stereocenters. The second-order valence-electron chi connectivity index (χ2n) is 6.78. The molecular weight excluding hydrogens is 430 g/mol. The molecule has 10 nitrogen and oxygen atoms in total. The topological polar surface area (TPSA) is 137 Å². The van der Waals surface area contributed by atoms with Gasteiger partial charge in [-0.05, 0) is 36.4 Å². The Morgan fingerprint density at radius 2 is 1.60 bits per heavy atom. The molecule has 1 aromatic heterocycles. The van der Waals surface area contributed by atoms with E-state index in [1.165, 1.54) is 28.6 Å². The molecule has 0 aliphatic carbocycles. The molecule has 30 heavy (non-hydrogen) atoms. The summed E-state index contributed by atoms with van der Waals surface area (Å²) in [5, 5.41) is 13.2. The van der Waals surface area contributed by atoms with Crippen molar-refractivity contribution in [1.29, 1.82) is 0 Å². The number of nitrogens with zero attached hydrogens (tertiary/aromatic N) is 4. The van der Waals surface area contributed by atoms with Crippen LogP contribution in [0, 0.1) is 0 Å². The third-order valence-corrected chi connectivity index (χ3v) is 7.46. The maximum absolute atomic E-state index is 12.7. The van der Waals surface area contributed by atoms with Crippen LogP contribution >= 0.6 is 0 Å². The first-order chi connectivity index (χ1) is 14.2. The lowest BCUT2D eigenvalue weighted by molar-refractivity contribution is 0.188. The average Bonchev–Trinajstić information content (AvgIpc) is 3.14. The standard InChI is InChI=1S/C18H19N5O5S2/c19-29(24,25)17-6-8-18(9-7-17)30(26,27)22-11-15(12-22)23-10-14(20-21-23)13-28-16-4-2-1-3-5-16/h1-10,15H,11-13H2,(H2,19,24,25). The number of hydrogen-bond donors (Lipinski definition) is 1. The predicted octanol–water partition coefficient (Wildman–Crippen LogP) is 0.750. The van der Waals surface area contributed by atoms with Crippen molar-refractivity contribution in [3.63, 3.8) is 0 Å². The molecule has 0 saturated carbocycles. The molecule has 158 valence electrons. The number of primary sulfonamides is 1. The van der Waals surface area contributed by atoms with Crippen molar-refractivity contribution in [2.45, 2.75) is 22.4 Å². The summed E-state index contributed by atoms with van der Waals surface area (Å²) >= 11 is 0. The van der Waals surface area contributed by atoms with Gasteiger partial charge in [-0.25, -0.2) is 26.7 Å². The highest BCUT2D eigenvalue weighted by atomic mass is 32.2. The molecule has 2 heterocycles. The van der Waals surface area contributed by atoms with Crippen LogP contribution < -0.4 is 9.88 Å². The van der Waals surface area contributed by atoms with Crippen LogP contribution in [0.5, 0.6) is 5.75 Å². The molecule has 0 amide bonds. The molecule has 0 spiro atoms. The van der Waals surface area contributed by atoms with Crippen molar-refractivity contribution in [1.82, 2.24) is 19.3 Å². The molecule has 12 heteroatoms. The van der Waals surface area contributed by atoms with Gasteiger partial charge < -0.3 is 4.74 Å². The van der Waals surface area contributed by atoms with E-state index in [1.807, 2.05) is 30.3 Å². The molecule has 1 saturated heterocycles. The number of para-hydroxylation sites is 1. The van der Waals surface area contributed by atoms with Gasteiger partial charge in [-0.15, -0.1) is 5.10 Å². The Morgan fingerprint density at radius 3 is 2.23 bits per heavy atom. The van der Waals surface area contributed by atoms with Gasteiger partial charge in [-0.1, -0.05) is 23.4 Å². The van der Waals surface area contributed by atoms with E-state index in [-0.39, 0.29) is 35.5 Å². The van der Waals surface area contributed by atoms with E-state index in [0.29, 0.717) is 5.69 Å². The van der Waals surface area contributed by atoms with Crippen molar-refractivity contribution in [3.8, 4) is 5.75 Å². The SMILES string of the molecule is NS(=O)(=O)c1ccc(S(=O)(=O)N2CC(n3cc(COc4ccccc4)nn3)C2)cc1. The van der Waals surface area contributed by atoms with Gasteiger partial charge in [0, 0.05) is 13.1 Å². The summed E-state index contributed by atoms with van der Waals surface area (Å²) in [4.78, 5) is -0.139. The monoisotopic (exact) mass is 449 g/mol. The maximum Gasteiger partial charge on any atom is 0.243 e. The first-order valence-electron chi connectivity index (χ1n) is 8.95. The van der Waals surface area contributed by atoms with Crippen LogP contribution in [-0.2, 0) is 26.7 Å². The predicted molar refractivity (Wildman–Crippen MR) is 106 cm³/mol. The summed E-state index contributed by atoms with van der Waals surface area (Å²) in [6.07, 6.45) is 1.73. The van der Waals surface area contributed by atoms with Crippen LogP contribution in [-0.4, -0.2) is 49.2 Å². The lowest BCUT2D eigenvalue weighted by atomic mass is 10.2. The van der Waals surface area contributed by atoms with E-state index in [0.717, 1.165) is 5.75 Å². The summed E-state index contributed by atoms with van der Waals surface area (Å²) in [5.74, 6) is 0.724. The van der Waals surface area contributed by atoms with E-state index in [2.05, 4.69) is 10.3 Å². The second kappa shape index (κ2) is 7.80. The van der Waals surface area contributed by atoms with Crippen molar-refractivity contribution in [3.05, 3.63) is 66.5 Å². The minimum Gasteiger partial charge on any atom is -0.487 e. The fourth-order valence-corrected chi connectivity index (χ4v) is 4.99. The third-order valence-electron chi connectivity index (χ3n) is 4.68. The van der Waals surface area contributed by atoms with Gasteiger partial charge >= 0.3 is 0 Å². The highest BCUT2D eigenvalue weighted by Gasteiger charge is 2.38. The number of sulfonamides is 2. The van der Waals surface area contributed by atoms with Crippen LogP contribution in [0.4, 0.5) is 0 Å². The first kappa shape index (κ1) is 20.5. The molecule has 0 atom stereocenters. The molecular formula is C18H19N5O5S2. The molecule has 1 aliphatic rings. The van der Waals surface area contributed by atoms with Gasteiger partial charge in [-0.2, -0.15) is 4.31 Å². The van der Waals surface area contributed by atoms with Gasteiger partial charge in [0.1, 0.15) is 18.1 Å². The Labute approximate surface area is 174 Å². The lowest BCUT2D eigenvalue weighted by Crippen LogP contribution is -2.50. The zero-order chi connectivity index (χ0) is 21.4. The average molecular weight is 450 g/mol. The van der Waals surface area contributed by atoms with Crippen LogP contribution in [0.2, 0.25) is 0 Å². The summed E-state index contributed by atoms with van der Waals surface area (Å²) in [7, 11) is -7.61. The fraction of sp³-hybridized carbons (Fsp3) is 0.222. The van der Waals surface area contributed by atoms with Gasteiger partial charge in [0.2, 0.25) is 20.0 Å². The molecule has 1 aliphatic heterocycles. The molecule has 2 aromatic carbocycles. The second-order valence-corrected chi connectivity index (χ2v) is 10.3. The zero-order valence-electron chi connectivity index (χ0n) is 15.7. The van der Waals surface area contributed by atoms with Crippen molar-refractivity contribution < 1.29 is 21.6 Å². The molecule has 3 aromatic rings. The first-order valence-corrected chi connectivity index (χ1v) is 11.9. The van der Waals surface area contributed by atoms with E-state index < -0.39 is 20.0 Å². The van der Waals surface area contributed by atoms with Gasteiger partial charge in [0.05, 0.1) is 22.0 Å². The molecule has 1 fully saturated rings. The third kappa shape index (κ3) is 4.21. The van der Waals surface area contributed by atoms with Crippen LogP contribution in [0.1, 0.15) is 11.7 Å². The maximum atomic E-state index is 12.7. The summed E-state index contributed by atoms with van der Waals surface area (Å²) in [5.41, 5.74) is 0.638. The summed E-state index contributed by atoms with van der Waals surface area (Å²) in [6, 6.07) is 14.0. The summed E-state index contributed by atoms with van der Waals surface area (Å²) < 4.78 is 56.6. The normalized spacial score (nSPS) is 15.6. The zero-order valence-corrected chi connectivity index (χ0v) is 17.3. The molecule has 4 rings (SSSR count). The van der Waals surface area contributed by atoms with Gasteiger partial charge in [0.25, 0.3) is 0 Å². The van der Waals surface area contributed by atoms with E-state index in [4.69, 9.17) is 9.88 Å². The number of nitrogens with two attached hydrogens (primary N) is 1. The Bertz CT molecular complexity index is 1240. The highest BCUT2D eigenvalue weighted by molar-refractivity contribution is 7.89. The Hall–Kier alpha value is -2.80. The van der Waals surface area contributed by atoms with E-state index in [1.54, 1.807) is 10.9 Å². The van der Waals surface area contributed by atoms with Crippen LogP contribution in [0.3, 0.4) is 0 Å². The number of ether oxygens (including phenoxy) is 1. The Balaban J connectivity index is 1.37. The van der Waals surface area contributed by atoms with Crippen molar-refractivity contribution in [2.24, 2.45) is 5.14 Å². The van der Waals surface area contributed by atoms with Crippen molar-refractivity contribution in [2.75, 3.05) is 13.1 Å². The minimum atomic E-state index is -3.88. The number of rotatable bonds is 7. The van der Waals surface area contributed by atoms with Gasteiger partial charge in [0.15, 0.2) is 0 Å². The summed E-state index contributed by atoms with van der Waals surface area (Å²) in [6.45, 7) is 0.734.